The van der Waals surface area contributed by atoms with Crippen LogP contribution < -0.4 is 11.1 Å². The highest BCUT2D eigenvalue weighted by Crippen LogP contribution is 2.19. The molecule has 1 fully saturated rings. The van der Waals surface area contributed by atoms with E-state index in [0.29, 0.717) is 12.1 Å². The molecule has 0 aromatic carbocycles. The Kier molecular flexibility index (Phi) is 2.57. The summed E-state index contributed by atoms with van der Waals surface area (Å²) in [6.07, 6.45) is 3.90. The minimum absolute atomic E-state index is 0.327. The molecule has 70 valence electrons. The van der Waals surface area contributed by atoms with Crippen LogP contribution in [0.5, 0.6) is 0 Å². The van der Waals surface area contributed by atoms with Crippen LogP contribution >= 0.6 is 0 Å². The number of rotatable bonds is 1. The Morgan fingerprint density at radius 2 is 2.38 bits per heavy atom. The fourth-order valence-corrected chi connectivity index (χ4v) is 1.75. The van der Waals surface area contributed by atoms with Crippen molar-refractivity contribution < 1.29 is 0 Å². The minimum atomic E-state index is 0.327. The van der Waals surface area contributed by atoms with Gasteiger partial charge in [-0.15, -0.1) is 0 Å². The van der Waals surface area contributed by atoms with Crippen molar-refractivity contribution >= 4 is 0 Å². The molecule has 1 aromatic rings. The van der Waals surface area contributed by atoms with Crippen molar-refractivity contribution in [2.45, 2.75) is 24.9 Å². The lowest BCUT2D eigenvalue weighted by atomic mass is 9.98. The van der Waals surface area contributed by atoms with Gasteiger partial charge >= 0.3 is 0 Å². The summed E-state index contributed by atoms with van der Waals surface area (Å²) in [6, 6.07) is 6.68. The van der Waals surface area contributed by atoms with E-state index in [1.54, 1.807) is 0 Å². The maximum atomic E-state index is 5.89. The topological polar surface area (TPSA) is 50.9 Å². The first-order chi connectivity index (χ1) is 6.36. The lowest BCUT2D eigenvalue weighted by molar-refractivity contribution is 0.364. The summed E-state index contributed by atoms with van der Waals surface area (Å²) >= 11 is 0. The van der Waals surface area contributed by atoms with Crippen molar-refractivity contribution in [3.63, 3.8) is 0 Å². The van der Waals surface area contributed by atoms with E-state index in [1.807, 2.05) is 18.3 Å². The molecule has 0 bridgehead atoms. The monoisotopic (exact) mass is 177 g/mol. The summed E-state index contributed by atoms with van der Waals surface area (Å²) in [6.45, 7) is 1.00. The molecule has 3 N–H and O–H groups in total. The van der Waals surface area contributed by atoms with Gasteiger partial charge < -0.3 is 11.1 Å². The standard InChI is InChI=1S/C10H15N3/c11-8-4-6-13-10(7-8)9-3-1-2-5-12-9/h1-3,5,8,10,13H,4,6-7,11H2/t8-,10-/m0/s1. The summed E-state index contributed by atoms with van der Waals surface area (Å²) in [5.41, 5.74) is 7.00. The second kappa shape index (κ2) is 3.85. The van der Waals surface area contributed by atoms with E-state index in [1.165, 1.54) is 0 Å². The summed E-state index contributed by atoms with van der Waals surface area (Å²) in [5, 5.41) is 3.42. The number of nitrogens with zero attached hydrogens (tertiary/aromatic N) is 1. The second-order valence-electron chi connectivity index (χ2n) is 3.55. The molecule has 0 unspecified atom stereocenters. The predicted molar refractivity (Wildman–Crippen MR) is 52.2 cm³/mol. The van der Waals surface area contributed by atoms with Crippen molar-refractivity contribution in [2.75, 3.05) is 6.54 Å². The van der Waals surface area contributed by atoms with E-state index < -0.39 is 0 Å². The highest BCUT2D eigenvalue weighted by molar-refractivity contribution is 5.09. The van der Waals surface area contributed by atoms with Gasteiger partial charge in [0, 0.05) is 12.2 Å². The molecule has 3 heteroatoms. The number of nitrogens with two attached hydrogens (primary N) is 1. The average Bonchev–Trinajstić information content (AvgIpc) is 2.19. The molecule has 0 amide bonds. The van der Waals surface area contributed by atoms with E-state index in [2.05, 4.69) is 16.4 Å². The maximum absolute atomic E-state index is 5.89. The Balaban J connectivity index is 2.08. The zero-order valence-corrected chi connectivity index (χ0v) is 7.61. The maximum Gasteiger partial charge on any atom is 0.0573 e. The minimum Gasteiger partial charge on any atom is -0.328 e. The number of nitrogens with one attached hydrogen (secondary N) is 1. The second-order valence-corrected chi connectivity index (χ2v) is 3.55. The third-order valence-corrected chi connectivity index (χ3v) is 2.49. The molecule has 0 aliphatic carbocycles. The average molecular weight is 177 g/mol. The third kappa shape index (κ3) is 2.05. The van der Waals surface area contributed by atoms with E-state index in [9.17, 15) is 0 Å². The van der Waals surface area contributed by atoms with E-state index in [0.717, 1.165) is 25.1 Å². The van der Waals surface area contributed by atoms with Crippen LogP contribution in [0.25, 0.3) is 0 Å². The Morgan fingerprint density at radius 3 is 3.08 bits per heavy atom. The zero-order valence-electron chi connectivity index (χ0n) is 7.61. The van der Waals surface area contributed by atoms with Crippen LogP contribution in [-0.2, 0) is 0 Å². The largest absolute Gasteiger partial charge is 0.328 e. The van der Waals surface area contributed by atoms with Gasteiger partial charge in [-0.1, -0.05) is 6.07 Å². The molecule has 1 aliphatic heterocycles. The van der Waals surface area contributed by atoms with E-state index in [4.69, 9.17) is 5.73 Å². The van der Waals surface area contributed by atoms with Gasteiger partial charge in [0.25, 0.3) is 0 Å². The SMILES string of the molecule is N[C@H]1CCN[C@H](c2ccccn2)C1. The van der Waals surface area contributed by atoms with Crippen molar-refractivity contribution in [3.05, 3.63) is 30.1 Å². The van der Waals surface area contributed by atoms with Crippen LogP contribution in [0.15, 0.2) is 24.4 Å². The highest BCUT2D eigenvalue weighted by Gasteiger charge is 2.20. The first-order valence-corrected chi connectivity index (χ1v) is 4.76. The van der Waals surface area contributed by atoms with Crippen LogP contribution in [0.4, 0.5) is 0 Å². The molecule has 0 spiro atoms. The number of piperidine rings is 1. The summed E-state index contributed by atoms with van der Waals surface area (Å²) in [7, 11) is 0. The lowest BCUT2D eigenvalue weighted by Crippen LogP contribution is -2.38. The van der Waals surface area contributed by atoms with Gasteiger partial charge in [-0.25, -0.2) is 0 Å². The van der Waals surface area contributed by atoms with Gasteiger partial charge in [-0.05, 0) is 31.5 Å². The molecular weight excluding hydrogens is 162 g/mol. The van der Waals surface area contributed by atoms with Crippen LogP contribution in [0.1, 0.15) is 24.6 Å². The number of hydrogen-bond donors (Lipinski definition) is 2. The zero-order chi connectivity index (χ0) is 9.10. The predicted octanol–water partition coefficient (Wildman–Crippen LogP) is 0.833. The van der Waals surface area contributed by atoms with Crippen LogP contribution in [-0.4, -0.2) is 17.6 Å². The highest BCUT2D eigenvalue weighted by atomic mass is 15.0. The van der Waals surface area contributed by atoms with Crippen molar-refractivity contribution in [3.8, 4) is 0 Å². The molecule has 0 saturated carbocycles. The van der Waals surface area contributed by atoms with Crippen molar-refractivity contribution in [1.29, 1.82) is 0 Å². The molecule has 3 nitrogen and oxygen atoms in total. The first kappa shape index (κ1) is 8.66. The molecule has 1 aliphatic rings. The van der Waals surface area contributed by atoms with Crippen LogP contribution in [0.2, 0.25) is 0 Å². The van der Waals surface area contributed by atoms with Gasteiger partial charge in [0.15, 0.2) is 0 Å². The van der Waals surface area contributed by atoms with Crippen molar-refractivity contribution in [1.82, 2.24) is 10.3 Å². The normalized spacial score (nSPS) is 28.7. The summed E-state index contributed by atoms with van der Waals surface area (Å²) in [4.78, 5) is 4.32. The van der Waals surface area contributed by atoms with Gasteiger partial charge in [0.2, 0.25) is 0 Å². The number of aromatic nitrogens is 1. The Bertz CT molecular complexity index is 260. The van der Waals surface area contributed by atoms with Crippen LogP contribution in [0, 0.1) is 0 Å². The molecule has 1 aromatic heterocycles. The summed E-state index contributed by atoms with van der Waals surface area (Å²) < 4.78 is 0. The summed E-state index contributed by atoms with van der Waals surface area (Å²) in [5.74, 6) is 0. The van der Waals surface area contributed by atoms with Gasteiger partial charge in [-0.2, -0.15) is 0 Å². The Hall–Kier alpha value is -0.930. The molecule has 1 saturated heterocycles. The van der Waals surface area contributed by atoms with Gasteiger partial charge in [0.1, 0.15) is 0 Å². The number of hydrogen-bond acceptors (Lipinski definition) is 3. The molecular formula is C10H15N3. The Labute approximate surface area is 78.4 Å². The fraction of sp³-hybridized carbons (Fsp3) is 0.500. The molecule has 0 radical (unpaired) electrons. The molecule has 13 heavy (non-hydrogen) atoms. The number of pyridine rings is 1. The third-order valence-electron chi connectivity index (χ3n) is 2.49. The fourth-order valence-electron chi connectivity index (χ4n) is 1.75. The lowest BCUT2D eigenvalue weighted by Gasteiger charge is -2.27. The van der Waals surface area contributed by atoms with E-state index in [-0.39, 0.29) is 0 Å². The first-order valence-electron chi connectivity index (χ1n) is 4.76. The van der Waals surface area contributed by atoms with Gasteiger partial charge in [-0.3, -0.25) is 4.98 Å². The van der Waals surface area contributed by atoms with Gasteiger partial charge in [0.05, 0.1) is 11.7 Å². The molecule has 2 atom stereocenters. The Morgan fingerprint density at radius 1 is 1.46 bits per heavy atom. The molecule has 2 heterocycles. The van der Waals surface area contributed by atoms with Crippen molar-refractivity contribution in [2.24, 2.45) is 5.73 Å². The van der Waals surface area contributed by atoms with E-state index >= 15 is 0 Å². The molecule has 2 rings (SSSR count). The van der Waals surface area contributed by atoms with Crippen LogP contribution in [0.3, 0.4) is 0 Å². The smallest absolute Gasteiger partial charge is 0.0573 e. The quantitative estimate of drug-likeness (QED) is 0.668.